The van der Waals surface area contributed by atoms with E-state index in [0.717, 1.165) is 34.2 Å². The number of allylic oxidation sites excluding steroid dienone is 2. The van der Waals surface area contributed by atoms with E-state index in [1.54, 1.807) is 6.07 Å². The van der Waals surface area contributed by atoms with Gasteiger partial charge in [-0.3, -0.25) is 9.36 Å². The van der Waals surface area contributed by atoms with Crippen molar-refractivity contribution in [3.63, 3.8) is 0 Å². The third-order valence-corrected chi connectivity index (χ3v) is 6.73. The molecule has 154 valence electrons. The van der Waals surface area contributed by atoms with Crippen LogP contribution in [0.2, 0.25) is 0 Å². The monoisotopic (exact) mass is 411 g/mol. The predicted molar refractivity (Wildman–Crippen MR) is 118 cm³/mol. The van der Waals surface area contributed by atoms with Gasteiger partial charge in [0.25, 0.3) is 5.56 Å². The highest BCUT2D eigenvalue weighted by molar-refractivity contribution is 5.83. The molecule has 2 aromatic carbocycles. The molecule has 4 aromatic rings. The summed E-state index contributed by atoms with van der Waals surface area (Å²) < 4.78 is 1.54. The Balaban J connectivity index is 1.42. The van der Waals surface area contributed by atoms with Crippen LogP contribution < -0.4 is 5.56 Å². The molecule has 6 rings (SSSR count). The molecule has 0 fully saturated rings. The number of aromatic nitrogens is 3. The van der Waals surface area contributed by atoms with Gasteiger partial charge >= 0.3 is 0 Å². The first-order chi connectivity index (χ1) is 15.0. The highest BCUT2D eigenvalue weighted by Gasteiger charge is 2.43. The first-order valence-corrected chi connectivity index (χ1v) is 10.4. The molecule has 2 bridgehead atoms. The van der Waals surface area contributed by atoms with Crippen molar-refractivity contribution < 1.29 is 10.2 Å². The van der Waals surface area contributed by atoms with Gasteiger partial charge in [-0.15, -0.1) is 0 Å². The summed E-state index contributed by atoms with van der Waals surface area (Å²) in [7, 11) is 0. The van der Waals surface area contributed by atoms with E-state index >= 15 is 0 Å². The first-order valence-electron chi connectivity index (χ1n) is 10.4. The zero-order chi connectivity index (χ0) is 21.3. The number of nitrogens with one attached hydrogen (secondary N) is 1. The maximum atomic E-state index is 12.1. The number of H-pyrrole nitrogens is 1. The van der Waals surface area contributed by atoms with Gasteiger partial charge in [-0.25, -0.2) is 5.10 Å². The number of nitrogens with zero attached hydrogens (tertiary/aromatic N) is 2. The molecule has 0 saturated heterocycles. The van der Waals surface area contributed by atoms with Gasteiger partial charge in [-0.2, -0.15) is 5.10 Å². The second-order valence-electron chi connectivity index (χ2n) is 8.51. The van der Waals surface area contributed by atoms with Gasteiger partial charge in [0.15, 0.2) is 0 Å². The second-order valence-corrected chi connectivity index (χ2v) is 8.51. The van der Waals surface area contributed by atoms with E-state index in [0.29, 0.717) is 17.5 Å². The van der Waals surface area contributed by atoms with Gasteiger partial charge in [0, 0.05) is 34.8 Å². The van der Waals surface area contributed by atoms with E-state index in [9.17, 15) is 15.0 Å². The highest BCUT2D eigenvalue weighted by atomic mass is 16.3. The Morgan fingerprint density at radius 1 is 1.06 bits per heavy atom. The van der Waals surface area contributed by atoms with Crippen molar-refractivity contribution >= 4 is 10.8 Å². The molecule has 0 amide bonds. The molecule has 0 saturated carbocycles. The average Bonchev–Trinajstić information content (AvgIpc) is 3.41. The summed E-state index contributed by atoms with van der Waals surface area (Å²) >= 11 is 0. The molecule has 2 heterocycles. The molecule has 3 N–H and O–H groups in total. The van der Waals surface area contributed by atoms with Gasteiger partial charge in [0.1, 0.15) is 0 Å². The second kappa shape index (κ2) is 6.35. The Bertz CT molecular complexity index is 1460. The number of hydrogen-bond acceptors (Lipinski definition) is 4. The Kier molecular flexibility index (Phi) is 3.69. The molecule has 0 spiro atoms. The van der Waals surface area contributed by atoms with Crippen LogP contribution in [0.25, 0.3) is 16.5 Å². The fourth-order valence-electron chi connectivity index (χ4n) is 5.33. The molecule has 0 aliphatic heterocycles. The first kappa shape index (κ1) is 18.0. The lowest BCUT2D eigenvalue weighted by Gasteiger charge is -2.12. The SMILES string of the molecule is CC1=CC2CC1c1c2c(O)n(-c2cccc(Cc3n[nH]c(=O)c4ccccc34)c2)c1O. The number of benzene rings is 2. The van der Waals surface area contributed by atoms with Crippen molar-refractivity contribution in [2.45, 2.75) is 31.6 Å². The highest BCUT2D eigenvalue weighted by Crippen LogP contribution is 2.59. The van der Waals surface area contributed by atoms with Crippen molar-refractivity contribution in [1.29, 1.82) is 0 Å². The van der Waals surface area contributed by atoms with Crippen molar-refractivity contribution in [2.24, 2.45) is 0 Å². The fraction of sp³-hybridized carbons (Fsp3) is 0.200. The standard InChI is InChI=1S/C25H21N3O3/c1-13-9-15-12-19(13)22-21(15)24(30)28(25(22)31)16-6-4-5-14(10-16)11-20-17-7-2-3-8-18(17)23(29)27-26-20/h2-10,15,19,30-31H,11-12H2,1H3,(H,27,29). The molecular formula is C25H21N3O3. The van der Waals surface area contributed by atoms with Crippen LogP contribution in [0.5, 0.6) is 11.8 Å². The van der Waals surface area contributed by atoms with Gasteiger partial charge < -0.3 is 10.2 Å². The summed E-state index contributed by atoms with van der Waals surface area (Å²) in [4.78, 5) is 12.1. The van der Waals surface area contributed by atoms with Crippen molar-refractivity contribution in [3.8, 4) is 17.4 Å². The molecule has 6 heteroatoms. The van der Waals surface area contributed by atoms with Crippen molar-refractivity contribution in [1.82, 2.24) is 14.8 Å². The molecular weight excluding hydrogens is 390 g/mol. The minimum Gasteiger partial charge on any atom is -0.494 e. The van der Waals surface area contributed by atoms with Crippen molar-refractivity contribution in [2.75, 3.05) is 0 Å². The Morgan fingerprint density at radius 3 is 2.68 bits per heavy atom. The molecule has 0 radical (unpaired) electrons. The number of hydrogen-bond donors (Lipinski definition) is 3. The van der Waals surface area contributed by atoms with E-state index in [2.05, 4.69) is 23.2 Å². The normalized spacial score (nSPS) is 19.1. The van der Waals surface area contributed by atoms with Crippen LogP contribution in [-0.2, 0) is 6.42 Å². The summed E-state index contributed by atoms with van der Waals surface area (Å²) in [5.41, 5.74) is 5.21. The summed E-state index contributed by atoms with van der Waals surface area (Å²) in [6.45, 7) is 2.09. The van der Waals surface area contributed by atoms with Crippen molar-refractivity contribution in [3.05, 3.63) is 92.9 Å². The zero-order valence-corrected chi connectivity index (χ0v) is 17.0. The molecule has 2 atom stereocenters. The maximum absolute atomic E-state index is 12.1. The lowest BCUT2D eigenvalue weighted by atomic mass is 9.95. The quantitative estimate of drug-likeness (QED) is 0.440. The number of rotatable bonds is 3. The van der Waals surface area contributed by atoms with E-state index in [1.807, 2.05) is 42.5 Å². The Labute approximate surface area is 178 Å². The van der Waals surface area contributed by atoms with E-state index in [1.165, 1.54) is 10.1 Å². The largest absolute Gasteiger partial charge is 0.494 e. The van der Waals surface area contributed by atoms with Crippen LogP contribution in [0.15, 0.2) is 65.0 Å². The Hall–Kier alpha value is -3.80. The maximum Gasteiger partial charge on any atom is 0.272 e. The van der Waals surface area contributed by atoms with Gasteiger partial charge in [-0.1, -0.05) is 42.0 Å². The fourth-order valence-corrected chi connectivity index (χ4v) is 5.33. The lowest BCUT2D eigenvalue weighted by molar-refractivity contribution is 0.395. The zero-order valence-electron chi connectivity index (χ0n) is 17.0. The summed E-state index contributed by atoms with van der Waals surface area (Å²) in [6, 6.07) is 15.1. The summed E-state index contributed by atoms with van der Waals surface area (Å²) in [5, 5.41) is 30.2. The smallest absolute Gasteiger partial charge is 0.272 e. The molecule has 31 heavy (non-hydrogen) atoms. The van der Waals surface area contributed by atoms with Crippen LogP contribution >= 0.6 is 0 Å². The number of aromatic amines is 1. The Morgan fingerprint density at radius 2 is 1.84 bits per heavy atom. The van der Waals surface area contributed by atoms with Crippen LogP contribution in [-0.4, -0.2) is 25.0 Å². The molecule has 2 aromatic heterocycles. The topological polar surface area (TPSA) is 91.1 Å². The van der Waals surface area contributed by atoms with Crippen LogP contribution in [0.3, 0.4) is 0 Å². The van der Waals surface area contributed by atoms with Crippen LogP contribution in [0, 0.1) is 0 Å². The third-order valence-electron chi connectivity index (χ3n) is 6.73. The van der Waals surface area contributed by atoms with E-state index < -0.39 is 0 Å². The lowest BCUT2D eigenvalue weighted by Crippen LogP contribution is -2.11. The predicted octanol–water partition coefficient (Wildman–Crippen LogP) is 4.25. The number of aromatic hydroxyl groups is 2. The summed E-state index contributed by atoms with van der Waals surface area (Å²) in [5.74, 6) is 0.602. The van der Waals surface area contributed by atoms with Gasteiger partial charge in [0.05, 0.1) is 16.8 Å². The van der Waals surface area contributed by atoms with Gasteiger partial charge in [0.2, 0.25) is 11.8 Å². The molecule has 2 aliphatic carbocycles. The van der Waals surface area contributed by atoms with E-state index in [-0.39, 0.29) is 29.2 Å². The average molecular weight is 411 g/mol. The molecule has 2 aliphatic rings. The molecule has 2 unspecified atom stereocenters. The minimum absolute atomic E-state index is 0.119. The van der Waals surface area contributed by atoms with Crippen LogP contribution in [0.4, 0.5) is 0 Å². The number of fused-ring (bicyclic) bond motifs is 6. The van der Waals surface area contributed by atoms with Gasteiger partial charge in [-0.05, 0) is 37.1 Å². The minimum atomic E-state index is -0.205. The third kappa shape index (κ3) is 2.51. The van der Waals surface area contributed by atoms with E-state index in [4.69, 9.17) is 0 Å². The molecule has 6 nitrogen and oxygen atoms in total. The van der Waals surface area contributed by atoms with Crippen LogP contribution in [0.1, 0.15) is 47.6 Å². The summed E-state index contributed by atoms with van der Waals surface area (Å²) in [6.07, 6.45) is 3.64.